The zero-order chi connectivity index (χ0) is 17.3. The molecule has 3 aromatic rings. The van der Waals surface area contributed by atoms with Crippen molar-refractivity contribution in [3.8, 4) is 17.1 Å². The standard InChI is InChI=1S/C17H16N2O5/c1-3-8-23-12-4-5-13-14(9-11(2)18(20)15(13)10-12)16-6-7-17(24-16)19(21)22/h4-7,9-10H,3,8H2,1-2H3. The molecule has 3 rings (SSSR count). The number of pyridine rings is 1. The number of fused-ring (bicyclic) bond motifs is 1. The van der Waals surface area contributed by atoms with E-state index in [-0.39, 0.29) is 5.88 Å². The van der Waals surface area contributed by atoms with Crippen LogP contribution in [0.4, 0.5) is 5.88 Å². The van der Waals surface area contributed by atoms with Gasteiger partial charge in [0.25, 0.3) is 0 Å². The van der Waals surface area contributed by atoms with Gasteiger partial charge in [-0.1, -0.05) is 6.92 Å². The van der Waals surface area contributed by atoms with Gasteiger partial charge in [-0.15, -0.1) is 0 Å². The lowest BCUT2D eigenvalue weighted by atomic mass is 10.1. The van der Waals surface area contributed by atoms with E-state index in [9.17, 15) is 15.3 Å². The predicted molar refractivity (Wildman–Crippen MR) is 87.8 cm³/mol. The van der Waals surface area contributed by atoms with Gasteiger partial charge in [-0.25, -0.2) is 0 Å². The van der Waals surface area contributed by atoms with Crippen molar-refractivity contribution in [1.82, 2.24) is 0 Å². The summed E-state index contributed by atoms with van der Waals surface area (Å²) in [5.41, 5.74) is 1.52. The average molecular weight is 328 g/mol. The number of aryl methyl sites for hydroxylation is 1. The van der Waals surface area contributed by atoms with Gasteiger partial charge in [0, 0.05) is 18.6 Å². The van der Waals surface area contributed by atoms with Crippen molar-refractivity contribution < 1.29 is 18.8 Å². The molecule has 7 heteroatoms. The summed E-state index contributed by atoms with van der Waals surface area (Å²) in [5.74, 6) is 0.617. The van der Waals surface area contributed by atoms with Crippen molar-refractivity contribution >= 4 is 16.8 Å². The first-order valence-electron chi connectivity index (χ1n) is 7.55. The number of rotatable bonds is 5. The first kappa shape index (κ1) is 15.8. The summed E-state index contributed by atoms with van der Waals surface area (Å²) in [6.07, 6.45) is 0.866. The van der Waals surface area contributed by atoms with Gasteiger partial charge >= 0.3 is 5.88 Å². The molecule has 2 aromatic heterocycles. The molecular formula is C17H16N2O5. The summed E-state index contributed by atoms with van der Waals surface area (Å²) in [7, 11) is 0. The Labute approximate surface area is 137 Å². The molecule has 0 aliphatic rings. The Morgan fingerprint density at radius 3 is 2.71 bits per heavy atom. The molecule has 2 heterocycles. The Kier molecular flexibility index (Phi) is 4.07. The lowest BCUT2D eigenvalue weighted by Gasteiger charge is -2.10. The van der Waals surface area contributed by atoms with E-state index in [2.05, 4.69) is 0 Å². The topological polar surface area (TPSA) is 92.5 Å². The van der Waals surface area contributed by atoms with Gasteiger partial charge in [-0.2, -0.15) is 4.73 Å². The fourth-order valence-electron chi connectivity index (χ4n) is 2.53. The Balaban J connectivity index is 2.17. The first-order valence-corrected chi connectivity index (χ1v) is 7.55. The summed E-state index contributed by atoms with van der Waals surface area (Å²) >= 11 is 0. The number of nitrogens with zero attached hydrogens (tertiary/aromatic N) is 2. The molecule has 0 saturated carbocycles. The molecule has 24 heavy (non-hydrogen) atoms. The van der Waals surface area contributed by atoms with Gasteiger partial charge in [-0.05, 0) is 24.6 Å². The van der Waals surface area contributed by atoms with Crippen LogP contribution < -0.4 is 9.47 Å². The van der Waals surface area contributed by atoms with Crippen molar-refractivity contribution in [1.29, 1.82) is 0 Å². The van der Waals surface area contributed by atoms with Crippen molar-refractivity contribution in [2.24, 2.45) is 0 Å². The minimum absolute atomic E-state index is 0.336. The van der Waals surface area contributed by atoms with Gasteiger partial charge in [-0.3, -0.25) is 10.1 Å². The Morgan fingerprint density at radius 1 is 1.25 bits per heavy atom. The summed E-state index contributed by atoms with van der Waals surface area (Å²) in [4.78, 5) is 10.2. The third-order valence-corrected chi connectivity index (χ3v) is 3.66. The average Bonchev–Trinajstić information content (AvgIpc) is 3.06. The Bertz CT molecular complexity index is 917. The van der Waals surface area contributed by atoms with Crippen LogP contribution in [-0.4, -0.2) is 11.5 Å². The number of hydrogen-bond donors (Lipinski definition) is 0. The van der Waals surface area contributed by atoms with Gasteiger partial charge < -0.3 is 14.4 Å². The highest BCUT2D eigenvalue weighted by molar-refractivity contribution is 5.92. The maximum atomic E-state index is 12.4. The van der Waals surface area contributed by atoms with Crippen LogP contribution in [0.15, 0.2) is 40.8 Å². The van der Waals surface area contributed by atoms with Crippen LogP contribution in [0.1, 0.15) is 19.0 Å². The van der Waals surface area contributed by atoms with Crippen LogP contribution in [0.2, 0.25) is 0 Å². The van der Waals surface area contributed by atoms with E-state index in [0.717, 1.165) is 11.2 Å². The van der Waals surface area contributed by atoms with Crippen LogP contribution in [0.3, 0.4) is 0 Å². The third-order valence-electron chi connectivity index (χ3n) is 3.66. The van der Waals surface area contributed by atoms with Crippen molar-refractivity contribution in [2.45, 2.75) is 20.3 Å². The molecule has 0 unspecified atom stereocenters. The molecular weight excluding hydrogens is 312 g/mol. The van der Waals surface area contributed by atoms with E-state index in [1.165, 1.54) is 12.1 Å². The normalized spacial score (nSPS) is 10.9. The number of nitro groups is 1. The second-order valence-corrected chi connectivity index (χ2v) is 5.42. The lowest BCUT2D eigenvalue weighted by molar-refractivity contribution is -0.584. The molecule has 0 atom stereocenters. The zero-order valence-electron chi connectivity index (χ0n) is 13.3. The molecule has 0 N–H and O–H groups in total. The third kappa shape index (κ3) is 2.76. The van der Waals surface area contributed by atoms with E-state index in [1.54, 1.807) is 31.2 Å². The highest BCUT2D eigenvalue weighted by Gasteiger charge is 2.20. The summed E-state index contributed by atoms with van der Waals surface area (Å²) in [5, 5.41) is 23.8. The number of furan rings is 1. The SMILES string of the molecule is CCCOc1ccc2c(-c3ccc([N+](=O)[O-])o3)cc(C)[n+]([O-])c2c1. The van der Waals surface area contributed by atoms with Crippen molar-refractivity contribution in [3.63, 3.8) is 0 Å². The fourth-order valence-corrected chi connectivity index (χ4v) is 2.53. The Morgan fingerprint density at radius 2 is 2.04 bits per heavy atom. The molecule has 7 nitrogen and oxygen atoms in total. The maximum absolute atomic E-state index is 12.4. The van der Waals surface area contributed by atoms with Gasteiger partial charge in [0.1, 0.15) is 16.4 Å². The molecule has 0 saturated heterocycles. The number of hydrogen-bond acceptors (Lipinski definition) is 5. The highest BCUT2D eigenvalue weighted by Crippen LogP contribution is 2.32. The minimum atomic E-state index is -0.591. The summed E-state index contributed by atoms with van der Waals surface area (Å²) < 4.78 is 11.7. The van der Waals surface area contributed by atoms with E-state index in [0.29, 0.717) is 40.3 Å². The van der Waals surface area contributed by atoms with Crippen molar-refractivity contribution in [2.75, 3.05) is 6.61 Å². The molecule has 0 aliphatic heterocycles. The van der Waals surface area contributed by atoms with E-state index < -0.39 is 4.92 Å². The molecule has 0 spiro atoms. The van der Waals surface area contributed by atoms with Crippen LogP contribution in [0.25, 0.3) is 22.2 Å². The Hall–Kier alpha value is -3.09. The minimum Gasteiger partial charge on any atom is -0.618 e. The molecule has 0 bridgehead atoms. The monoisotopic (exact) mass is 328 g/mol. The number of aromatic nitrogens is 1. The second-order valence-electron chi connectivity index (χ2n) is 5.42. The van der Waals surface area contributed by atoms with Crippen LogP contribution >= 0.6 is 0 Å². The van der Waals surface area contributed by atoms with Crippen molar-refractivity contribution in [3.05, 3.63) is 57.4 Å². The molecule has 0 fully saturated rings. The van der Waals surface area contributed by atoms with E-state index in [4.69, 9.17) is 9.15 Å². The van der Waals surface area contributed by atoms with Crippen LogP contribution in [0, 0.1) is 22.2 Å². The summed E-state index contributed by atoms with van der Waals surface area (Å²) in [6.45, 7) is 4.24. The largest absolute Gasteiger partial charge is 0.618 e. The zero-order valence-corrected chi connectivity index (χ0v) is 13.3. The van der Waals surface area contributed by atoms with E-state index in [1.807, 2.05) is 6.92 Å². The fraction of sp³-hybridized carbons (Fsp3) is 0.235. The molecule has 0 aliphatic carbocycles. The maximum Gasteiger partial charge on any atom is 0.433 e. The number of benzene rings is 1. The second kappa shape index (κ2) is 6.19. The van der Waals surface area contributed by atoms with Gasteiger partial charge in [0.2, 0.25) is 5.52 Å². The van der Waals surface area contributed by atoms with Gasteiger partial charge in [0.05, 0.1) is 24.1 Å². The van der Waals surface area contributed by atoms with Crippen LogP contribution in [-0.2, 0) is 0 Å². The smallest absolute Gasteiger partial charge is 0.433 e. The van der Waals surface area contributed by atoms with Crippen LogP contribution in [0.5, 0.6) is 5.75 Å². The molecule has 124 valence electrons. The quantitative estimate of drug-likeness (QED) is 0.308. The molecule has 0 amide bonds. The van der Waals surface area contributed by atoms with E-state index >= 15 is 0 Å². The predicted octanol–water partition coefficient (Wildman–Crippen LogP) is 3.74. The summed E-state index contributed by atoms with van der Waals surface area (Å²) in [6, 6.07) is 9.69. The lowest BCUT2D eigenvalue weighted by Crippen LogP contribution is -2.31. The van der Waals surface area contributed by atoms with Gasteiger partial charge in [0.15, 0.2) is 5.69 Å². The molecule has 0 radical (unpaired) electrons. The molecule has 1 aromatic carbocycles. The first-order chi connectivity index (χ1) is 11.5. The highest BCUT2D eigenvalue weighted by atomic mass is 16.6. The number of ether oxygens (including phenoxy) is 1.